The maximum absolute atomic E-state index is 11.9. The lowest BCUT2D eigenvalue weighted by Gasteiger charge is -2.34. The minimum atomic E-state index is -3.31. The summed E-state index contributed by atoms with van der Waals surface area (Å²) in [7, 11) is 0.754. The van der Waals surface area contributed by atoms with Crippen molar-refractivity contribution >= 4 is 27.2 Å². The highest BCUT2D eigenvalue weighted by molar-refractivity contribution is 7.92. The molecule has 0 bridgehead atoms. The summed E-state index contributed by atoms with van der Waals surface area (Å²) in [5.41, 5.74) is 5.30. The van der Waals surface area contributed by atoms with Crippen LogP contribution < -0.4 is 5.73 Å². The fourth-order valence-corrected chi connectivity index (χ4v) is 3.55. The molecule has 1 saturated heterocycles. The number of hydrogen-bond donors (Lipinski definition) is 1. The Hall–Kier alpha value is -0.280. The Balaban J connectivity index is 2.41. The van der Waals surface area contributed by atoms with Crippen LogP contribution in [-0.4, -0.2) is 86.6 Å². The maximum atomic E-state index is 11.9. The molecule has 106 valence electrons. The van der Waals surface area contributed by atoms with Gasteiger partial charge in [0, 0.05) is 39.3 Å². The Morgan fingerprint density at radius 3 is 2.28 bits per heavy atom. The van der Waals surface area contributed by atoms with Crippen LogP contribution in [0.15, 0.2) is 0 Å². The largest absolute Gasteiger partial charge is 0.392 e. The number of likely N-dealkylation sites (N-methyl/N-ethyl adjacent to an activating group) is 1. The molecule has 0 saturated carbocycles. The van der Waals surface area contributed by atoms with E-state index in [4.69, 9.17) is 5.73 Å². The molecule has 0 radical (unpaired) electrons. The van der Waals surface area contributed by atoms with Gasteiger partial charge in [-0.15, -0.1) is 0 Å². The third-order valence-electron chi connectivity index (χ3n) is 2.91. The summed E-state index contributed by atoms with van der Waals surface area (Å²) >= 11 is 4.66. The van der Waals surface area contributed by atoms with Crippen LogP contribution in [0.3, 0.4) is 0 Å². The summed E-state index contributed by atoms with van der Waals surface area (Å²) < 4.78 is 25.3. The fraction of sp³-hybridized carbons (Fsp3) is 0.900. The zero-order chi connectivity index (χ0) is 13.8. The summed E-state index contributed by atoms with van der Waals surface area (Å²) in [4.78, 5) is 4.42. The van der Waals surface area contributed by atoms with Gasteiger partial charge in [-0.2, -0.15) is 4.31 Å². The summed E-state index contributed by atoms with van der Waals surface area (Å²) in [5, 5.41) is 0. The maximum Gasteiger partial charge on any atom is 0.220 e. The Kier molecular flexibility index (Phi) is 5.93. The highest BCUT2D eigenvalue weighted by Gasteiger charge is 2.27. The Labute approximate surface area is 115 Å². The molecule has 0 spiro atoms. The molecule has 0 aromatic heterocycles. The lowest BCUT2D eigenvalue weighted by molar-refractivity contribution is 0.175. The first kappa shape index (κ1) is 15.8. The molecule has 8 heteroatoms. The molecule has 0 amide bonds. The number of rotatable bonds is 6. The molecule has 1 fully saturated rings. The zero-order valence-electron chi connectivity index (χ0n) is 11.0. The van der Waals surface area contributed by atoms with Crippen LogP contribution in [0, 0.1) is 0 Å². The Morgan fingerprint density at radius 2 is 1.83 bits per heavy atom. The van der Waals surface area contributed by atoms with Crippen LogP contribution in [0.5, 0.6) is 0 Å². The molecule has 1 aliphatic rings. The first-order valence-electron chi connectivity index (χ1n) is 5.94. The highest BCUT2D eigenvalue weighted by atomic mass is 32.2. The van der Waals surface area contributed by atoms with Crippen LogP contribution >= 0.6 is 12.2 Å². The van der Waals surface area contributed by atoms with Gasteiger partial charge < -0.3 is 10.6 Å². The number of nitrogens with two attached hydrogens (primary N) is 1. The Morgan fingerprint density at radius 1 is 1.28 bits per heavy atom. The van der Waals surface area contributed by atoms with Gasteiger partial charge >= 0.3 is 0 Å². The number of nitrogens with zero attached hydrogens (tertiary/aromatic N) is 3. The summed E-state index contributed by atoms with van der Waals surface area (Å²) in [5.74, 6) is -0.222. The third-order valence-corrected chi connectivity index (χ3v) is 5.07. The van der Waals surface area contributed by atoms with E-state index < -0.39 is 10.0 Å². The van der Waals surface area contributed by atoms with Gasteiger partial charge in [0.1, 0.15) is 5.75 Å². The van der Waals surface area contributed by atoms with Crippen LogP contribution in [0.25, 0.3) is 0 Å². The van der Waals surface area contributed by atoms with Crippen molar-refractivity contribution in [2.24, 2.45) is 5.73 Å². The van der Waals surface area contributed by atoms with Gasteiger partial charge in [0.2, 0.25) is 10.0 Å². The molecule has 0 aromatic rings. The molecule has 0 atom stereocenters. The van der Waals surface area contributed by atoms with Gasteiger partial charge in [-0.1, -0.05) is 12.2 Å². The molecule has 1 heterocycles. The minimum absolute atomic E-state index is 0.0324. The van der Waals surface area contributed by atoms with E-state index in [1.54, 1.807) is 0 Å². The molecule has 0 aromatic carbocycles. The van der Waals surface area contributed by atoms with Crippen LogP contribution in [0.2, 0.25) is 0 Å². The van der Waals surface area contributed by atoms with Crippen molar-refractivity contribution in [3.63, 3.8) is 0 Å². The molecule has 6 nitrogen and oxygen atoms in total. The van der Waals surface area contributed by atoms with E-state index in [-0.39, 0.29) is 10.7 Å². The number of thiocarbonyl (C=S) groups is 1. The van der Waals surface area contributed by atoms with Crippen molar-refractivity contribution in [2.75, 3.05) is 59.1 Å². The van der Waals surface area contributed by atoms with Crippen molar-refractivity contribution < 1.29 is 8.42 Å². The van der Waals surface area contributed by atoms with Gasteiger partial charge in [0.15, 0.2) is 0 Å². The molecule has 1 aliphatic heterocycles. The second kappa shape index (κ2) is 6.76. The van der Waals surface area contributed by atoms with Crippen molar-refractivity contribution in [2.45, 2.75) is 0 Å². The average Bonchev–Trinajstić information content (AvgIpc) is 2.25. The lowest BCUT2D eigenvalue weighted by Crippen LogP contribution is -2.51. The first-order valence-corrected chi connectivity index (χ1v) is 7.96. The van der Waals surface area contributed by atoms with E-state index >= 15 is 0 Å². The van der Waals surface area contributed by atoms with Crippen molar-refractivity contribution in [3.05, 3.63) is 0 Å². The molecule has 18 heavy (non-hydrogen) atoms. The van der Waals surface area contributed by atoms with Crippen molar-refractivity contribution in [1.29, 1.82) is 0 Å². The fourth-order valence-electron chi connectivity index (χ4n) is 1.84. The second-order valence-corrected chi connectivity index (χ2v) is 7.26. The second-order valence-electron chi connectivity index (χ2n) is 4.77. The lowest BCUT2D eigenvalue weighted by atomic mass is 10.3. The summed E-state index contributed by atoms with van der Waals surface area (Å²) in [6, 6.07) is 0. The average molecular weight is 294 g/mol. The van der Waals surface area contributed by atoms with E-state index in [2.05, 4.69) is 22.0 Å². The van der Waals surface area contributed by atoms with E-state index in [9.17, 15) is 8.42 Å². The first-order chi connectivity index (χ1) is 8.31. The zero-order valence-corrected chi connectivity index (χ0v) is 12.6. The van der Waals surface area contributed by atoms with E-state index in [1.165, 1.54) is 4.31 Å². The smallest absolute Gasteiger partial charge is 0.220 e. The predicted molar refractivity (Wildman–Crippen MR) is 77.1 cm³/mol. The Bertz CT molecular complexity index is 375. The van der Waals surface area contributed by atoms with Crippen LogP contribution in [0.1, 0.15) is 0 Å². The van der Waals surface area contributed by atoms with Gasteiger partial charge in [0.05, 0.1) is 4.99 Å². The monoisotopic (exact) mass is 294 g/mol. The van der Waals surface area contributed by atoms with E-state index in [0.29, 0.717) is 13.1 Å². The minimum Gasteiger partial charge on any atom is -0.392 e. The van der Waals surface area contributed by atoms with Crippen LogP contribution in [-0.2, 0) is 10.0 Å². The predicted octanol–water partition coefficient (Wildman–Crippen LogP) is -1.22. The van der Waals surface area contributed by atoms with Crippen molar-refractivity contribution in [1.82, 2.24) is 14.1 Å². The quantitative estimate of drug-likeness (QED) is 0.620. The van der Waals surface area contributed by atoms with E-state index in [0.717, 1.165) is 26.2 Å². The molecule has 1 rings (SSSR count). The van der Waals surface area contributed by atoms with Gasteiger partial charge in [0.25, 0.3) is 0 Å². The molecular weight excluding hydrogens is 272 g/mol. The molecule has 2 N–H and O–H groups in total. The number of piperazine rings is 1. The summed E-state index contributed by atoms with van der Waals surface area (Å²) in [6.07, 6.45) is 0. The standard InChI is InChI=1S/C10H22N4O2S2/c1-12(2)3-4-13-5-7-14(8-6-13)18(15,16)9-10(11)17/h3-9H2,1-2H3,(H2,11,17). The SMILES string of the molecule is CN(C)CCN1CCN(S(=O)(=O)CC(N)=S)CC1. The number of sulfonamides is 1. The summed E-state index contributed by atoms with van der Waals surface area (Å²) in [6.45, 7) is 4.54. The normalized spacial score (nSPS) is 19.3. The van der Waals surface area contributed by atoms with Gasteiger partial charge in [-0.3, -0.25) is 4.90 Å². The third kappa shape index (κ3) is 5.15. The molecule has 0 aliphatic carbocycles. The van der Waals surface area contributed by atoms with Gasteiger partial charge in [-0.25, -0.2) is 8.42 Å². The number of hydrogen-bond acceptors (Lipinski definition) is 5. The highest BCUT2D eigenvalue weighted by Crippen LogP contribution is 2.08. The van der Waals surface area contributed by atoms with Crippen molar-refractivity contribution in [3.8, 4) is 0 Å². The molecular formula is C10H22N4O2S2. The van der Waals surface area contributed by atoms with Gasteiger partial charge in [-0.05, 0) is 14.1 Å². The van der Waals surface area contributed by atoms with Crippen LogP contribution in [0.4, 0.5) is 0 Å². The molecule has 0 unspecified atom stereocenters. The van der Waals surface area contributed by atoms with E-state index in [1.807, 2.05) is 14.1 Å². The topological polar surface area (TPSA) is 69.9 Å².